The van der Waals surface area contributed by atoms with Crippen molar-refractivity contribution in [2.24, 2.45) is 0 Å². The average molecular weight is 168 g/mol. The first-order chi connectivity index (χ1) is 5.80. The Morgan fingerprint density at radius 2 is 2.33 bits per heavy atom. The van der Waals surface area contributed by atoms with Gasteiger partial charge in [-0.05, 0) is 17.7 Å². The Balaban J connectivity index is 2.77. The van der Waals surface area contributed by atoms with Crippen LogP contribution in [0.4, 0.5) is 0 Å². The minimum Gasteiger partial charge on any atom is -0.497 e. The van der Waals surface area contributed by atoms with Crippen LogP contribution in [-0.2, 0) is 14.3 Å². The third-order valence-electron chi connectivity index (χ3n) is 1.80. The lowest BCUT2D eigenvalue weighted by atomic mass is 10.0. The molecular formula is C9H12O3. The molecule has 1 aliphatic rings. The Hall–Kier alpha value is -1.09. The highest BCUT2D eigenvalue weighted by molar-refractivity contribution is 5.74. The molecule has 1 unspecified atom stereocenters. The number of hydrogen-bond acceptors (Lipinski definition) is 3. The van der Waals surface area contributed by atoms with Crippen molar-refractivity contribution in [1.29, 1.82) is 0 Å². The molecule has 0 saturated carbocycles. The predicted octanol–water partition coefficient (Wildman–Crippen LogP) is 1.06. The van der Waals surface area contributed by atoms with Crippen LogP contribution in [0.2, 0.25) is 0 Å². The SMILES string of the molecule is COC1=CC(OC)CC(C=O)=C1. The zero-order valence-corrected chi connectivity index (χ0v) is 7.24. The van der Waals surface area contributed by atoms with Gasteiger partial charge in [0.25, 0.3) is 0 Å². The molecule has 0 heterocycles. The van der Waals surface area contributed by atoms with Crippen molar-refractivity contribution in [3.05, 3.63) is 23.5 Å². The van der Waals surface area contributed by atoms with E-state index in [4.69, 9.17) is 9.47 Å². The van der Waals surface area contributed by atoms with E-state index in [-0.39, 0.29) is 6.10 Å². The van der Waals surface area contributed by atoms with E-state index in [9.17, 15) is 4.79 Å². The molecule has 66 valence electrons. The highest BCUT2D eigenvalue weighted by Crippen LogP contribution is 2.18. The molecule has 3 heteroatoms. The molecule has 12 heavy (non-hydrogen) atoms. The number of methoxy groups -OCH3 is 2. The lowest BCUT2D eigenvalue weighted by Gasteiger charge is -2.16. The van der Waals surface area contributed by atoms with E-state index in [1.165, 1.54) is 0 Å². The van der Waals surface area contributed by atoms with Gasteiger partial charge in [0.1, 0.15) is 12.0 Å². The normalized spacial score (nSPS) is 22.7. The molecule has 0 radical (unpaired) electrons. The highest BCUT2D eigenvalue weighted by Gasteiger charge is 2.14. The molecule has 0 aromatic heterocycles. The minimum atomic E-state index is -0.0369. The molecule has 0 saturated heterocycles. The van der Waals surface area contributed by atoms with Crippen molar-refractivity contribution < 1.29 is 14.3 Å². The molecule has 0 bridgehead atoms. The number of ether oxygens (including phenoxy) is 2. The fourth-order valence-electron chi connectivity index (χ4n) is 1.12. The Kier molecular flexibility index (Phi) is 3.05. The van der Waals surface area contributed by atoms with Crippen molar-refractivity contribution in [3.63, 3.8) is 0 Å². The van der Waals surface area contributed by atoms with Gasteiger partial charge in [-0.15, -0.1) is 0 Å². The summed E-state index contributed by atoms with van der Waals surface area (Å²) in [6.07, 6.45) is 5.01. The van der Waals surface area contributed by atoms with Crippen LogP contribution in [0.1, 0.15) is 6.42 Å². The van der Waals surface area contributed by atoms with Crippen LogP contribution in [0.5, 0.6) is 0 Å². The van der Waals surface area contributed by atoms with Gasteiger partial charge in [0.05, 0.1) is 13.2 Å². The van der Waals surface area contributed by atoms with Gasteiger partial charge in [-0.25, -0.2) is 0 Å². The fourth-order valence-corrected chi connectivity index (χ4v) is 1.12. The molecule has 3 nitrogen and oxygen atoms in total. The first kappa shape index (κ1) is 9.00. The molecule has 0 aliphatic heterocycles. The second kappa shape index (κ2) is 4.07. The second-order valence-electron chi connectivity index (χ2n) is 2.59. The number of rotatable bonds is 3. The predicted molar refractivity (Wildman–Crippen MR) is 44.7 cm³/mol. The third-order valence-corrected chi connectivity index (χ3v) is 1.80. The fraction of sp³-hybridized carbons (Fsp3) is 0.444. The Morgan fingerprint density at radius 3 is 2.83 bits per heavy atom. The number of aldehydes is 1. The highest BCUT2D eigenvalue weighted by atomic mass is 16.5. The van der Waals surface area contributed by atoms with Gasteiger partial charge in [-0.3, -0.25) is 4.79 Å². The summed E-state index contributed by atoms with van der Waals surface area (Å²) in [5.41, 5.74) is 0.709. The van der Waals surface area contributed by atoms with Crippen LogP contribution in [0, 0.1) is 0 Å². The second-order valence-corrected chi connectivity index (χ2v) is 2.59. The lowest BCUT2D eigenvalue weighted by molar-refractivity contribution is -0.105. The quantitative estimate of drug-likeness (QED) is 0.591. The smallest absolute Gasteiger partial charge is 0.146 e. The lowest BCUT2D eigenvalue weighted by Crippen LogP contribution is -2.13. The van der Waals surface area contributed by atoms with Crippen LogP contribution in [-0.4, -0.2) is 26.6 Å². The van der Waals surface area contributed by atoms with Crippen LogP contribution in [0.25, 0.3) is 0 Å². The molecule has 1 atom stereocenters. The first-order valence-corrected chi connectivity index (χ1v) is 3.74. The number of carbonyl (C=O) groups is 1. The first-order valence-electron chi connectivity index (χ1n) is 3.74. The van der Waals surface area contributed by atoms with Gasteiger partial charge in [0.2, 0.25) is 0 Å². The molecule has 0 amide bonds. The summed E-state index contributed by atoms with van der Waals surface area (Å²) in [4.78, 5) is 10.5. The van der Waals surface area contributed by atoms with Crippen LogP contribution in [0.3, 0.4) is 0 Å². The largest absolute Gasteiger partial charge is 0.497 e. The van der Waals surface area contributed by atoms with Crippen LogP contribution < -0.4 is 0 Å². The maximum absolute atomic E-state index is 10.5. The average Bonchev–Trinajstić information content (AvgIpc) is 2.16. The van der Waals surface area contributed by atoms with Gasteiger partial charge < -0.3 is 9.47 Å². The number of allylic oxidation sites excluding steroid dienone is 1. The van der Waals surface area contributed by atoms with Crippen molar-refractivity contribution in [1.82, 2.24) is 0 Å². The van der Waals surface area contributed by atoms with Crippen LogP contribution in [0.15, 0.2) is 23.5 Å². The molecule has 0 N–H and O–H groups in total. The van der Waals surface area contributed by atoms with Crippen molar-refractivity contribution in [2.45, 2.75) is 12.5 Å². The molecule has 1 aliphatic carbocycles. The molecular weight excluding hydrogens is 156 g/mol. The Bertz CT molecular complexity index is 228. The Morgan fingerprint density at radius 1 is 1.58 bits per heavy atom. The van der Waals surface area contributed by atoms with Crippen molar-refractivity contribution >= 4 is 6.29 Å². The van der Waals surface area contributed by atoms with E-state index in [1.54, 1.807) is 20.3 Å². The summed E-state index contributed by atoms with van der Waals surface area (Å²) in [6.45, 7) is 0. The summed E-state index contributed by atoms with van der Waals surface area (Å²) in [5, 5.41) is 0. The van der Waals surface area contributed by atoms with Crippen molar-refractivity contribution in [3.8, 4) is 0 Å². The summed E-state index contributed by atoms with van der Waals surface area (Å²) in [7, 11) is 3.19. The van der Waals surface area contributed by atoms with E-state index in [1.807, 2.05) is 6.08 Å². The van der Waals surface area contributed by atoms with Gasteiger partial charge in [-0.2, -0.15) is 0 Å². The summed E-state index contributed by atoms with van der Waals surface area (Å²) in [5.74, 6) is 0.690. The third kappa shape index (κ3) is 1.95. The van der Waals surface area contributed by atoms with E-state index in [2.05, 4.69) is 0 Å². The van der Waals surface area contributed by atoms with E-state index < -0.39 is 0 Å². The van der Waals surface area contributed by atoms with Gasteiger partial charge in [0, 0.05) is 13.5 Å². The summed E-state index contributed by atoms with van der Waals surface area (Å²) < 4.78 is 10.1. The van der Waals surface area contributed by atoms with Gasteiger partial charge in [0.15, 0.2) is 0 Å². The van der Waals surface area contributed by atoms with E-state index in [0.717, 1.165) is 6.29 Å². The summed E-state index contributed by atoms with van der Waals surface area (Å²) >= 11 is 0. The zero-order chi connectivity index (χ0) is 8.97. The standard InChI is InChI=1S/C9H12O3/c1-11-8-3-7(6-10)4-9(5-8)12-2/h3,5-6,9H,4H2,1-2H3. The van der Waals surface area contributed by atoms with E-state index in [0.29, 0.717) is 17.8 Å². The maximum atomic E-state index is 10.5. The van der Waals surface area contributed by atoms with Crippen molar-refractivity contribution in [2.75, 3.05) is 14.2 Å². The molecule has 0 aromatic carbocycles. The maximum Gasteiger partial charge on any atom is 0.146 e. The topological polar surface area (TPSA) is 35.5 Å². The molecule has 0 spiro atoms. The van der Waals surface area contributed by atoms with Gasteiger partial charge in [-0.1, -0.05) is 0 Å². The van der Waals surface area contributed by atoms with Crippen LogP contribution >= 0.6 is 0 Å². The Labute approximate surface area is 71.7 Å². The molecule has 0 fully saturated rings. The number of carbonyl (C=O) groups excluding carboxylic acids is 1. The number of hydrogen-bond donors (Lipinski definition) is 0. The minimum absolute atomic E-state index is 0.0369. The monoisotopic (exact) mass is 168 g/mol. The van der Waals surface area contributed by atoms with Gasteiger partial charge >= 0.3 is 0 Å². The zero-order valence-electron chi connectivity index (χ0n) is 7.24. The van der Waals surface area contributed by atoms with E-state index >= 15 is 0 Å². The summed E-state index contributed by atoms with van der Waals surface area (Å²) in [6, 6.07) is 0. The molecule has 1 rings (SSSR count). The molecule has 0 aromatic rings.